The number of carbonyl (C=O) groups excluding carboxylic acids is 1. The van der Waals surface area contributed by atoms with Crippen molar-refractivity contribution in [3.05, 3.63) is 29.3 Å². The fraction of sp³-hybridized carbons (Fsp3) is 0.500. The maximum Gasteiger partial charge on any atom is 0.163 e. The molecule has 0 radical (unpaired) electrons. The molecule has 1 aromatic carbocycles. The van der Waals surface area contributed by atoms with E-state index in [9.17, 15) is 4.79 Å². The van der Waals surface area contributed by atoms with Gasteiger partial charge < -0.3 is 10.2 Å². The van der Waals surface area contributed by atoms with Gasteiger partial charge in [-0.2, -0.15) is 0 Å². The van der Waals surface area contributed by atoms with E-state index < -0.39 is 0 Å². The summed E-state index contributed by atoms with van der Waals surface area (Å²) in [5, 5.41) is 3.36. The smallest absolute Gasteiger partial charge is 0.163 e. The van der Waals surface area contributed by atoms with Gasteiger partial charge >= 0.3 is 0 Å². The molecular weight excluding hydrogens is 212 g/mol. The Morgan fingerprint density at radius 1 is 1.12 bits per heavy atom. The second-order valence-electron chi connectivity index (χ2n) is 4.82. The highest BCUT2D eigenvalue weighted by atomic mass is 16.1. The number of ketones is 1. The zero-order valence-corrected chi connectivity index (χ0v) is 10.0. The van der Waals surface area contributed by atoms with Crippen molar-refractivity contribution in [3.63, 3.8) is 0 Å². The van der Waals surface area contributed by atoms with Gasteiger partial charge in [0.25, 0.3) is 0 Å². The lowest BCUT2D eigenvalue weighted by Crippen LogP contribution is -2.44. The Bertz CT molecular complexity index is 436. The molecule has 1 heterocycles. The number of nitrogens with zero attached hydrogens (tertiary/aromatic N) is 1. The average Bonchev–Trinajstić information content (AvgIpc) is 2.40. The van der Waals surface area contributed by atoms with Crippen LogP contribution in [0.3, 0.4) is 0 Å². The Labute approximate surface area is 102 Å². The van der Waals surface area contributed by atoms with E-state index in [-0.39, 0.29) is 0 Å². The fourth-order valence-corrected chi connectivity index (χ4v) is 2.86. The molecule has 17 heavy (non-hydrogen) atoms. The van der Waals surface area contributed by atoms with Crippen LogP contribution in [0.25, 0.3) is 0 Å². The molecule has 1 N–H and O–H groups in total. The van der Waals surface area contributed by atoms with E-state index >= 15 is 0 Å². The van der Waals surface area contributed by atoms with Gasteiger partial charge in [0.05, 0.1) is 0 Å². The molecule has 0 aromatic heterocycles. The Hall–Kier alpha value is -1.35. The molecule has 0 saturated carbocycles. The number of hydrogen-bond donors (Lipinski definition) is 1. The van der Waals surface area contributed by atoms with Gasteiger partial charge in [0, 0.05) is 43.9 Å². The summed E-state index contributed by atoms with van der Waals surface area (Å²) in [6.07, 6.45) is 2.79. The number of carbonyl (C=O) groups is 1. The number of benzene rings is 1. The van der Waals surface area contributed by atoms with Crippen LogP contribution >= 0.6 is 0 Å². The molecule has 0 bridgehead atoms. The highest BCUT2D eigenvalue weighted by Crippen LogP contribution is 2.30. The molecule has 0 amide bonds. The van der Waals surface area contributed by atoms with Crippen LogP contribution in [0.15, 0.2) is 18.2 Å². The first-order chi connectivity index (χ1) is 8.36. The third kappa shape index (κ3) is 1.95. The number of fused-ring (bicyclic) bond motifs is 1. The minimum Gasteiger partial charge on any atom is -0.369 e. The molecule has 1 aromatic rings. The minimum absolute atomic E-state index is 0.322. The van der Waals surface area contributed by atoms with Crippen molar-refractivity contribution in [1.82, 2.24) is 5.32 Å². The normalized spacial score (nSPS) is 20.2. The number of nitrogens with one attached hydrogen (secondary N) is 1. The number of Topliss-reactive ketones (excluding diaryl/α,β-unsaturated/α-hetero) is 1. The fourth-order valence-electron chi connectivity index (χ4n) is 2.86. The Kier molecular flexibility index (Phi) is 2.85. The van der Waals surface area contributed by atoms with E-state index in [1.165, 1.54) is 11.3 Å². The first kappa shape index (κ1) is 10.8. The summed E-state index contributed by atoms with van der Waals surface area (Å²) < 4.78 is 0. The number of anilines is 1. The van der Waals surface area contributed by atoms with Gasteiger partial charge in [0.1, 0.15) is 0 Å². The van der Waals surface area contributed by atoms with Crippen LogP contribution in [0.4, 0.5) is 5.69 Å². The van der Waals surface area contributed by atoms with E-state index in [0.29, 0.717) is 5.78 Å². The van der Waals surface area contributed by atoms with Crippen molar-refractivity contribution in [2.24, 2.45) is 0 Å². The molecule has 1 saturated heterocycles. The van der Waals surface area contributed by atoms with Crippen LogP contribution < -0.4 is 10.2 Å². The van der Waals surface area contributed by atoms with Crippen LogP contribution in [0, 0.1) is 0 Å². The topological polar surface area (TPSA) is 32.3 Å². The van der Waals surface area contributed by atoms with Crippen LogP contribution in [-0.4, -0.2) is 32.0 Å². The maximum atomic E-state index is 11.9. The van der Waals surface area contributed by atoms with E-state index in [0.717, 1.165) is 51.0 Å². The third-order valence-corrected chi connectivity index (χ3v) is 3.74. The van der Waals surface area contributed by atoms with Gasteiger partial charge in [-0.15, -0.1) is 0 Å². The molecule has 1 aliphatic carbocycles. The Morgan fingerprint density at radius 3 is 2.76 bits per heavy atom. The summed E-state index contributed by atoms with van der Waals surface area (Å²) in [7, 11) is 0. The van der Waals surface area contributed by atoms with Crippen LogP contribution in [0.2, 0.25) is 0 Å². The zero-order valence-electron chi connectivity index (χ0n) is 10.0. The van der Waals surface area contributed by atoms with Gasteiger partial charge in [-0.1, -0.05) is 12.1 Å². The molecule has 0 atom stereocenters. The summed E-state index contributed by atoms with van der Waals surface area (Å²) in [5.41, 5.74) is 3.54. The summed E-state index contributed by atoms with van der Waals surface area (Å²) >= 11 is 0. The lowest BCUT2D eigenvalue weighted by Gasteiger charge is -2.32. The second kappa shape index (κ2) is 4.49. The van der Waals surface area contributed by atoms with Crippen molar-refractivity contribution in [2.45, 2.75) is 19.3 Å². The largest absolute Gasteiger partial charge is 0.369 e. The average molecular weight is 230 g/mol. The summed E-state index contributed by atoms with van der Waals surface area (Å²) in [6, 6.07) is 6.19. The van der Waals surface area contributed by atoms with Crippen molar-refractivity contribution in [3.8, 4) is 0 Å². The quantitative estimate of drug-likeness (QED) is 0.795. The standard InChI is InChI=1S/C14H18N2O/c17-14-6-2-3-11-12(14)4-1-5-13(11)16-9-7-15-8-10-16/h1,4-5,15H,2-3,6-10H2. The summed E-state index contributed by atoms with van der Waals surface area (Å²) in [5.74, 6) is 0.322. The molecule has 0 unspecified atom stereocenters. The zero-order chi connectivity index (χ0) is 11.7. The van der Waals surface area contributed by atoms with Crippen molar-refractivity contribution in [1.29, 1.82) is 0 Å². The van der Waals surface area contributed by atoms with Gasteiger partial charge in [0.15, 0.2) is 5.78 Å². The first-order valence-electron chi connectivity index (χ1n) is 6.47. The molecular formula is C14H18N2O. The predicted molar refractivity (Wildman–Crippen MR) is 68.8 cm³/mol. The van der Waals surface area contributed by atoms with Gasteiger partial charge in [0.2, 0.25) is 0 Å². The molecule has 3 nitrogen and oxygen atoms in total. The van der Waals surface area contributed by atoms with Crippen LogP contribution in [0.5, 0.6) is 0 Å². The predicted octanol–water partition coefficient (Wildman–Crippen LogP) is 1.62. The van der Waals surface area contributed by atoms with Gasteiger partial charge in [-0.05, 0) is 24.5 Å². The van der Waals surface area contributed by atoms with Crippen LogP contribution in [0.1, 0.15) is 28.8 Å². The lowest BCUT2D eigenvalue weighted by molar-refractivity contribution is 0.0972. The van der Waals surface area contributed by atoms with Crippen LogP contribution in [-0.2, 0) is 6.42 Å². The van der Waals surface area contributed by atoms with Gasteiger partial charge in [-0.3, -0.25) is 4.79 Å². The SMILES string of the molecule is O=C1CCCc2c1cccc2N1CCNCC1. The van der Waals surface area contributed by atoms with Crippen molar-refractivity contribution < 1.29 is 4.79 Å². The first-order valence-corrected chi connectivity index (χ1v) is 6.47. The van der Waals surface area contributed by atoms with E-state index in [1.807, 2.05) is 12.1 Å². The van der Waals surface area contributed by atoms with Crippen molar-refractivity contribution >= 4 is 11.5 Å². The number of hydrogen-bond acceptors (Lipinski definition) is 3. The Morgan fingerprint density at radius 2 is 1.94 bits per heavy atom. The lowest BCUT2D eigenvalue weighted by atomic mass is 9.89. The Balaban J connectivity index is 1.99. The molecule has 0 spiro atoms. The molecule has 3 heteroatoms. The second-order valence-corrected chi connectivity index (χ2v) is 4.82. The van der Waals surface area contributed by atoms with Gasteiger partial charge in [-0.25, -0.2) is 0 Å². The monoisotopic (exact) mass is 230 g/mol. The molecule has 1 fully saturated rings. The van der Waals surface area contributed by atoms with Crippen molar-refractivity contribution in [2.75, 3.05) is 31.1 Å². The third-order valence-electron chi connectivity index (χ3n) is 3.74. The summed E-state index contributed by atoms with van der Waals surface area (Å²) in [4.78, 5) is 14.3. The highest BCUT2D eigenvalue weighted by molar-refractivity contribution is 5.99. The molecule has 3 rings (SSSR count). The summed E-state index contributed by atoms with van der Waals surface area (Å²) in [6.45, 7) is 4.17. The van der Waals surface area contributed by atoms with E-state index in [4.69, 9.17) is 0 Å². The maximum absolute atomic E-state index is 11.9. The molecule has 90 valence electrons. The number of rotatable bonds is 1. The number of piperazine rings is 1. The highest BCUT2D eigenvalue weighted by Gasteiger charge is 2.22. The van der Waals surface area contributed by atoms with E-state index in [1.54, 1.807) is 0 Å². The minimum atomic E-state index is 0.322. The molecule has 2 aliphatic rings. The van der Waals surface area contributed by atoms with E-state index in [2.05, 4.69) is 16.3 Å². The molecule has 1 aliphatic heterocycles.